The van der Waals surface area contributed by atoms with Crippen molar-refractivity contribution in [1.82, 2.24) is 0 Å². The van der Waals surface area contributed by atoms with Gasteiger partial charge in [0.05, 0.1) is 0 Å². The minimum Gasteiger partial charge on any atom is -0.475 e. The minimum absolute atomic E-state index is 0. The summed E-state index contributed by atoms with van der Waals surface area (Å²) in [7, 11) is 0.277. The maximum atomic E-state index is 10.6. The van der Waals surface area contributed by atoms with Crippen molar-refractivity contribution >= 4 is 21.8 Å². The third-order valence-corrected chi connectivity index (χ3v) is 15.5. The van der Waals surface area contributed by atoms with Crippen LogP contribution in [0.4, 0.5) is 13.2 Å². The summed E-state index contributed by atoms with van der Waals surface area (Å²) in [6.07, 6.45) is 16.0. The SMILES string of the molecule is CC(C)[C@@H]1C[C@@H](C(C)C)P1[C]1[CH][CH][CH][CH]1.CC(C)[C@@H]1C[C@@H](C(C)C)P1[C]1[CH][CH][CH][CH]1.O=C(O)C(F)(F)F.[Fe+2].[Ru+2]. The van der Waals surface area contributed by atoms with E-state index in [0.29, 0.717) is 0 Å². The molecule has 4 fully saturated rings. The van der Waals surface area contributed by atoms with Crippen LogP contribution in [0.1, 0.15) is 68.2 Å². The van der Waals surface area contributed by atoms with Gasteiger partial charge < -0.3 is 5.11 Å². The third-order valence-electron chi connectivity index (χ3n) is 7.60. The molecule has 0 aromatic rings. The molecule has 2 aliphatic heterocycles. The Balaban J connectivity index is 0.000000578. The predicted octanol–water partition coefficient (Wildman–Crippen LogP) is 9.20. The van der Waals surface area contributed by atoms with E-state index in [1.807, 2.05) is 0 Å². The number of rotatable bonds is 6. The molecule has 2 saturated carbocycles. The smallest absolute Gasteiger partial charge is 0.475 e. The summed E-state index contributed by atoms with van der Waals surface area (Å²) in [5.74, 6) is 0.691. The van der Waals surface area contributed by atoms with Gasteiger partial charge in [0.15, 0.2) is 0 Å². The molecule has 220 valence electrons. The molecule has 10 radical (unpaired) electrons. The third kappa shape index (κ3) is 11.4. The predicted molar refractivity (Wildman–Crippen MR) is 152 cm³/mol. The Hall–Kier alpha value is 1.26. The second-order valence-electron chi connectivity index (χ2n) is 11.6. The topological polar surface area (TPSA) is 37.3 Å². The Morgan fingerprint density at radius 1 is 0.692 bits per heavy atom. The summed E-state index contributed by atoms with van der Waals surface area (Å²) >= 11 is 0. The van der Waals surface area contributed by atoms with E-state index < -0.39 is 12.1 Å². The number of carboxylic acid groups (broad SMARTS) is 1. The number of aliphatic carboxylic acids is 1. The molecule has 0 aromatic heterocycles. The van der Waals surface area contributed by atoms with Crippen molar-refractivity contribution in [2.24, 2.45) is 23.7 Å². The Morgan fingerprint density at radius 2 is 0.897 bits per heavy atom. The molecule has 0 spiro atoms. The first kappa shape index (κ1) is 40.3. The van der Waals surface area contributed by atoms with Crippen molar-refractivity contribution < 1.29 is 59.6 Å². The van der Waals surface area contributed by atoms with Crippen molar-refractivity contribution in [1.29, 1.82) is 0 Å². The Kier molecular flexibility index (Phi) is 18.7. The van der Waals surface area contributed by atoms with Crippen LogP contribution in [0.2, 0.25) is 0 Å². The molecule has 0 aromatic carbocycles. The van der Waals surface area contributed by atoms with E-state index in [1.165, 1.54) is 12.8 Å². The second kappa shape index (κ2) is 18.2. The maximum Gasteiger partial charge on any atom is 2.00 e. The Morgan fingerprint density at radius 3 is 1.05 bits per heavy atom. The Labute approximate surface area is 263 Å². The standard InChI is InChI=1S/2C14H22P.C2HF3O2.Fe.Ru/c2*1-10(2)13-9-14(11(3)4)15(13)12-7-5-6-8-12;3-2(4,5)1(6)7;;/h2*5-8,10-11,13-14H,9H2,1-4H3;(H,6,7);;/q;;;2*+2/t2*13-,14-;;;/m00.../s1. The number of alkyl halides is 3. The number of halogens is 3. The van der Waals surface area contributed by atoms with Gasteiger partial charge in [-0.15, -0.1) is 0 Å². The van der Waals surface area contributed by atoms with Crippen LogP contribution in [0.5, 0.6) is 0 Å². The van der Waals surface area contributed by atoms with Gasteiger partial charge in [-0.25, -0.2) is 4.79 Å². The molecule has 9 heteroatoms. The van der Waals surface area contributed by atoms with Gasteiger partial charge in [0.25, 0.3) is 0 Å². The summed E-state index contributed by atoms with van der Waals surface area (Å²) < 4.78 is 31.7. The molecule has 4 atom stereocenters. The van der Waals surface area contributed by atoms with E-state index in [9.17, 15) is 13.2 Å². The maximum absolute atomic E-state index is 10.6. The average molecular weight is 714 g/mol. The van der Waals surface area contributed by atoms with Crippen molar-refractivity contribution in [3.63, 3.8) is 0 Å². The minimum atomic E-state index is -5.08. The molecule has 0 bridgehead atoms. The molecule has 39 heavy (non-hydrogen) atoms. The molecule has 4 aliphatic rings. The van der Waals surface area contributed by atoms with Gasteiger partial charge in [0.1, 0.15) is 0 Å². The van der Waals surface area contributed by atoms with E-state index in [4.69, 9.17) is 9.90 Å². The van der Waals surface area contributed by atoms with E-state index in [0.717, 1.165) is 46.3 Å². The fraction of sp³-hybridized carbons (Fsp3) is 0.633. The zero-order valence-corrected chi connectivity index (χ0v) is 28.9. The monoisotopic (exact) mass is 714 g/mol. The fourth-order valence-corrected chi connectivity index (χ4v) is 12.5. The normalized spacial score (nSPS) is 28.2. The summed E-state index contributed by atoms with van der Waals surface area (Å²) in [5.41, 5.74) is 7.22. The first-order valence-electron chi connectivity index (χ1n) is 13.5. The number of hydrogen-bond donors (Lipinski definition) is 1. The summed E-state index contributed by atoms with van der Waals surface area (Å²) in [6.45, 7) is 19.1. The van der Waals surface area contributed by atoms with Crippen LogP contribution >= 0.6 is 15.8 Å². The molecule has 2 aliphatic carbocycles. The molecule has 2 heterocycles. The van der Waals surface area contributed by atoms with Crippen LogP contribution in [0.15, 0.2) is 0 Å². The van der Waals surface area contributed by atoms with Crippen molar-refractivity contribution in [3.05, 3.63) is 62.7 Å². The molecule has 4 rings (SSSR count). The fourth-order valence-electron chi connectivity index (χ4n) is 5.38. The quantitative estimate of drug-likeness (QED) is 0.220. The molecular weight excluding hydrogens is 668 g/mol. The van der Waals surface area contributed by atoms with Crippen molar-refractivity contribution in [2.45, 2.75) is 97.0 Å². The summed E-state index contributed by atoms with van der Waals surface area (Å²) in [5, 5.41) is 7.12. The van der Waals surface area contributed by atoms with E-state index in [-0.39, 0.29) is 52.4 Å². The van der Waals surface area contributed by atoms with Gasteiger partial charge in [-0.05, 0) is 111 Å². The van der Waals surface area contributed by atoms with Crippen LogP contribution in [0.25, 0.3) is 0 Å². The summed E-state index contributed by atoms with van der Waals surface area (Å²) in [4.78, 5) is 8.90. The Bertz CT molecular complexity index is 617. The molecular formula is C30H45F3FeO2P2Ru+4. The molecule has 0 amide bonds. The average Bonchev–Trinajstić information content (AvgIpc) is 3.40. The van der Waals surface area contributed by atoms with E-state index in [2.05, 4.69) is 107 Å². The molecule has 2 nitrogen and oxygen atoms in total. The van der Waals surface area contributed by atoms with Gasteiger partial charge >= 0.3 is 48.7 Å². The van der Waals surface area contributed by atoms with Crippen molar-refractivity contribution in [2.75, 3.05) is 0 Å². The van der Waals surface area contributed by atoms with Crippen LogP contribution in [-0.4, -0.2) is 39.9 Å². The van der Waals surface area contributed by atoms with Crippen LogP contribution in [-0.2, 0) is 41.3 Å². The second-order valence-corrected chi connectivity index (χ2v) is 16.9. The van der Waals surface area contributed by atoms with Gasteiger partial charge in [-0.2, -0.15) is 13.2 Å². The van der Waals surface area contributed by atoms with Crippen LogP contribution < -0.4 is 0 Å². The first-order chi connectivity index (χ1) is 17.2. The first-order valence-corrected chi connectivity index (χ1v) is 16.4. The van der Waals surface area contributed by atoms with Gasteiger partial charge in [-0.3, -0.25) is 0 Å². The molecule has 0 unspecified atom stereocenters. The largest absolute Gasteiger partial charge is 2.00 e. The zero-order valence-electron chi connectivity index (χ0n) is 24.2. The molecule has 2 saturated heterocycles. The number of carbonyl (C=O) groups is 1. The van der Waals surface area contributed by atoms with E-state index >= 15 is 0 Å². The summed E-state index contributed by atoms with van der Waals surface area (Å²) in [6, 6.07) is 0. The zero-order chi connectivity index (χ0) is 28.1. The van der Waals surface area contributed by atoms with Crippen molar-refractivity contribution in [3.8, 4) is 0 Å². The number of hydrogen-bond acceptors (Lipinski definition) is 1. The van der Waals surface area contributed by atoms with Gasteiger partial charge in [-0.1, -0.05) is 71.2 Å². The van der Waals surface area contributed by atoms with Crippen LogP contribution in [0.3, 0.4) is 0 Å². The van der Waals surface area contributed by atoms with E-state index in [1.54, 1.807) is 11.3 Å². The van der Waals surface area contributed by atoms with Gasteiger partial charge in [0, 0.05) is 11.3 Å². The number of carboxylic acids is 1. The van der Waals surface area contributed by atoms with Crippen LogP contribution in [0, 0.1) is 86.4 Å². The molecule has 1 N–H and O–H groups in total. The van der Waals surface area contributed by atoms with Gasteiger partial charge in [0.2, 0.25) is 0 Å².